The molecule has 23 heavy (non-hydrogen) atoms. The van der Waals surface area contributed by atoms with Crippen molar-refractivity contribution in [3.63, 3.8) is 0 Å². The molecule has 9 N–H and O–H groups in total. The van der Waals surface area contributed by atoms with E-state index < -0.39 is 30.0 Å². The summed E-state index contributed by atoms with van der Waals surface area (Å²) in [6, 6.07) is -1.40. The van der Waals surface area contributed by atoms with E-state index in [1.54, 1.807) is 0 Å². The molecule has 0 aliphatic rings. The van der Waals surface area contributed by atoms with E-state index in [1.165, 1.54) is 0 Å². The highest BCUT2D eigenvalue weighted by atomic mass is 16.4. The number of rotatable bonds is 7. The Balaban J connectivity index is -0.000000273. The first-order valence-electron chi connectivity index (χ1n) is 7.34. The largest absolute Gasteiger partial charge is 0.480 e. The van der Waals surface area contributed by atoms with Gasteiger partial charge in [-0.05, 0) is 11.8 Å². The van der Waals surface area contributed by atoms with Crippen LogP contribution in [0.4, 0.5) is 0 Å². The third kappa shape index (κ3) is 16.5. The SMILES string of the molecule is CC[C@H](C)[C@H](N)C(=O)O.CC[C@H](C)[C@H](N)C(=O)O.NCC(=O)O. The fraction of sp³-hybridized carbons (Fsp3) is 0.786. The lowest BCUT2D eigenvalue weighted by Gasteiger charge is -2.11. The second kappa shape index (κ2) is 15.2. The lowest BCUT2D eigenvalue weighted by Crippen LogP contribution is -2.36. The normalized spacial score (nSPS) is 14.7. The van der Waals surface area contributed by atoms with Gasteiger partial charge < -0.3 is 32.5 Å². The molecule has 0 radical (unpaired) electrons. The molecule has 0 heterocycles. The summed E-state index contributed by atoms with van der Waals surface area (Å²) < 4.78 is 0. The topological polar surface area (TPSA) is 190 Å². The van der Waals surface area contributed by atoms with E-state index in [0.717, 1.165) is 12.8 Å². The van der Waals surface area contributed by atoms with Crippen LogP contribution >= 0.6 is 0 Å². The molecule has 0 unspecified atom stereocenters. The van der Waals surface area contributed by atoms with E-state index in [9.17, 15) is 14.4 Å². The van der Waals surface area contributed by atoms with Crippen molar-refractivity contribution in [2.45, 2.75) is 52.6 Å². The van der Waals surface area contributed by atoms with Gasteiger partial charge in [0.05, 0.1) is 6.54 Å². The van der Waals surface area contributed by atoms with Crippen LogP contribution in [0.5, 0.6) is 0 Å². The van der Waals surface area contributed by atoms with Crippen LogP contribution in [0, 0.1) is 11.8 Å². The molecule has 4 atom stereocenters. The van der Waals surface area contributed by atoms with Gasteiger partial charge in [0.15, 0.2) is 0 Å². The maximum absolute atomic E-state index is 10.2. The van der Waals surface area contributed by atoms with Crippen LogP contribution in [0.25, 0.3) is 0 Å². The van der Waals surface area contributed by atoms with Gasteiger partial charge >= 0.3 is 17.9 Å². The van der Waals surface area contributed by atoms with Gasteiger partial charge in [-0.2, -0.15) is 0 Å². The van der Waals surface area contributed by atoms with E-state index in [1.807, 2.05) is 27.7 Å². The zero-order valence-electron chi connectivity index (χ0n) is 14.2. The van der Waals surface area contributed by atoms with Crippen LogP contribution < -0.4 is 17.2 Å². The molecule has 0 amide bonds. The second-order valence-corrected chi connectivity index (χ2v) is 5.10. The summed E-state index contributed by atoms with van der Waals surface area (Å²) in [5.41, 5.74) is 15.1. The van der Waals surface area contributed by atoms with Crippen molar-refractivity contribution in [1.29, 1.82) is 0 Å². The molecule has 0 aliphatic carbocycles. The quantitative estimate of drug-likeness (QED) is 0.368. The number of carboxylic acids is 3. The molecule has 0 aromatic heterocycles. The van der Waals surface area contributed by atoms with Crippen molar-refractivity contribution in [1.82, 2.24) is 0 Å². The molecule has 0 aliphatic heterocycles. The van der Waals surface area contributed by atoms with Crippen LogP contribution in [0.15, 0.2) is 0 Å². The Morgan fingerprint density at radius 1 is 0.826 bits per heavy atom. The number of aliphatic carboxylic acids is 3. The van der Waals surface area contributed by atoms with Crippen molar-refractivity contribution in [2.24, 2.45) is 29.0 Å². The lowest BCUT2D eigenvalue weighted by atomic mass is 10.0. The molecule has 138 valence electrons. The Morgan fingerprint density at radius 3 is 1.09 bits per heavy atom. The van der Waals surface area contributed by atoms with Gasteiger partial charge in [-0.25, -0.2) is 0 Å². The maximum Gasteiger partial charge on any atom is 0.320 e. The molecule has 0 bridgehead atoms. The Morgan fingerprint density at radius 2 is 1.04 bits per heavy atom. The summed E-state index contributed by atoms with van der Waals surface area (Å²) >= 11 is 0. The minimum absolute atomic E-state index is 0.0718. The standard InChI is InChI=1S/2C6H13NO2.C2H5NO2/c2*1-3-4(2)5(7)6(8)9;3-1-2(4)5/h2*4-5H,3,7H2,1-2H3,(H,8,9);1,3H2,(H,4,5)/t2*4-,5-;/m00./s1. The predicted molar refractivity (Wildman–Crippen MR) is 86.8 cm³/mol. The average molecular weight is 337 g/mol. The summed E-state index contributed by atoms with van der Waals surface area (Å²) in [5, 5.41) is 24.3. The summed E-state index contributed by atoms with van der Waals surface area (Å²) in [4.78, 5) is 29.6. The number of carboxylic acid groups (broad SMARTS) is 3. The Hall–Kier alpha value is -1.71. The summed E-state index contributed by atoms with van der Waals surface area (Å²) in [5.74, 6) is -2.65. The van der Waals surface area contributed by atoms with Gasteiger partial charge in [-0.15, -0.1) is 0 Å². The van der Waals surface area contributed by atoms with Crippen molar-refractivity contribution < 1.29 is 29.7 Å². The van der Waals surface area contributed by atoms with Crippen LogP contribution in [0.1, 0.15) is 40.5 Å². The second-order valence-electron chi connectivity index (χ2n) is 5.10. The van der Waals surface area contributed by atoms with Gasteiger partial charge in [-0.3, -0.25) is 14.4 Å². The third-order valence-electron chi connectivity index (χ3n) is 3.26. The Bertz CT molecular complexity index is 325. The van der Waals surface area contributed by atoms with Crippen molar-refractivity contribution in [2.75, 3.05) is 6.54 Å². The monoisotopic (exact) mass is 337 g/mol. The molecule has 0 saturated heterocycles. The van der Waals surface area contributed by atoms with Crippen LogP contribution in [0.3, 0.4) is 0 Å². The average Bonchev–Trinajstić information content (AvgIpc) is 2.52. The molecule has 0 saturated carbocycles. The number of nitrogens with two attached hydrogens (primary N) is 3. The Labute approximate surface area is 136 Å². The van der Waals surface area contributed by atoms with Gasteiger partial charge in [0, 0.05) is 0 Å². The van der Waals surface area contributed by atoms with E-state index in [2.05, 4.69) is 5.73 Å². The van der Waals surface area contributed by atoms with Crippen LogP contribution in [-0.2, 0) is 14.4 Å². The fourth-order valence-electron chi connectivity index (χ4n) is 0.995. The maximum atomic E-state index is 10.2. The highest BCUT2D eigenvalue weighted by molar-refractivity contribution is 5.73. The van der Waals surface area contributed by atoms with Crippen LogP contribution in [-0.4, -0.2) is 51.9 Å². The highest BCUT2D eigenvalue weighted by Crippen LogP contribution is 2.04. The molecule has 9 nitrogen and oxygen atoms in total. The van der Waals surface area contributed by atoms with E-state index >= 15 is 0 Å². The van der Waals surface area contributed by atoms with E-state index in [4.69, 9.17) is 26.8 Å². The number of hydrogen-bond donors (Lipinski definition) is 6. The first kappa shape index (κ1) is 26.2. The molecular weight excluding hydrogens is 306 g/mol. The fourth-order valence-corrected chi connectivity index (χ4v) is 0.995. The molecule has 0 rings (SSSR count). The smallest absolute Gasteiger partial charge is 0.320 e. The van der Waals surface area contributed by atoms with Gasteiger partial charge in [-0.1, -0.05) is 40.5 Å². The molecule has 0 spiro atoms. The first-order chi connectivity index (χ1) is 10.5. The highest BCUT2D eigenvalue weighted by Gasteiger charge is 2.17. The van der Waals surface area contributed by atoms with Crippen molar-refractivity contribution >= 4 is 17.9 Å². The molecule has 0 aromatic rings. The van der Waals surface area contributed by atoms with Gasteiger partial charge in [0.2, 0.25) is 0 Å². The lowest BCUT2D eigenvalue weighted by molar-refractivity contribution is -0.140. The van der Waals surface area contributed by atoms with Crippen molar-refractivity contribution in [3.8, 4) is 0 Å². The third-order valence-corrected chi connectivity index (χ3v) is 3.26. The minimum atomic E-state index is -0.968. The van der Waals surface area contributed by atoms with Gasteiger partial charge in [0.25, 0.3) is 0 Å². The predicted octanol–water partition coefficient (Wildman–Crippen LogP) is -0.0815. The van der Waals surface area contributed by atoms with Crippen LogP contribution in [0.2, 0.25) is 0 Å². The van der Waals surface area contributed by atoms with E-state index in [0.29, 0.717) is 0 Å². The summed E-state index contributed by atoms with van der Waals surface area (Å²) in [7, 11) is 0. The number of hydrogen-bond acceptors (Lipinski definition) is 6. The van der Waals surface area contributed by atoms with Gasteiger partial charge in [0.1, 0.15) is 12.1 Å². The zero-order valence-corrected chi connectivity index (χ0v) is 14.2. The van der Waals surface area contributed by atoms with Crippen molar-refractivity contribution in [3.05, 3.63) is 0 Å². The molecule has 0 fully saturated rings. The zero-order chi connectivity index (χ0) is 19.2. The minimum Gasteiger partial charge on any atom is -0.480 e. The molecule has 9 heteroatoms. The van der Waals surface area contributed by atoms with E-state index in [-0.39, 0.29) is 18.4 Å². The Kier molecular flexibility index (Phi) is 17.3. The summed E-state index contributed by atoms with van der Waals surface area (Å²) in [6.07, 6.45) is 1.63. The molecular formula is C14H31N3O6. The summed E-state index contributed by atoms with van der Waals surface area (Å²) in [6.45, 7) is 7.23. The first-order valence-corrected chi connectivity index (χ1v) is 7.34. The molecule has 0 aromatic carbocycles. The number of carbonyl (C=O) groups is 3.